The fraction of sp³-hybridized carbons (Fsp3) is 0.439. The van der Waals surface area contributed by atoms with E-state index in [-0.39, 0.29) is 47.8 Å². The van der Waals surface area contributed by atoms with Crippen LogP contribution in [0.15, 0.2) is 72.8 Å². The second kappa shape index (κ2) is 20.5. The molecule has 11 rings (SSSR count). The molecule has 5 aliphatic rings. The number of rotatable bonds is 12. The zero-order valence-electron chi connectivity index (χ0n) is 42.9. The highest BCUT2D eigenvalue weighted by Crippen LogP contribution is 2.53. The average molecular weight is 1000 g/mol. The number of halogens is 1. The van der Waals surface area contributed by atoms with E-state index in [1.54, 1.807) is 12.1 Å². The molecule has 0 saturated heterocycles. The van der Waals surface area contributed by atoms with Crippen molar-refractivity contribution < 1.29 is 47.6 Å². The number of aromatic nitrogens is 2. The Morgan fingerprint density at radius 3 is 1.62 bits per heavy atom. The molecule has 0 bridgehead atoms. The van der Waals surface area contributed by atoms with Crippen molar-refractivity contribution in [1.82, 2.24) is 14.9 Å². The summed E-state index contributed by atoms with van der Waals surface area (Å²) < 4.78 is 31.2. The molecule has 6 aromatic rings. The van der Waals surface area contributed by atoms with Crippen molar-refractivity contribution in [2.45, 2.75) is 115 Å². The first-order chi connectivity index (χ1) is 34.3. The topological polar surface area (TPSA) is 184 Å². The number of fused-ring (bicyclic) bond motifs is 4. The van der Waals surface area contributed by atoms with Gasteiger partial charge in [0, 0.05) is 45.1 Å². The molecule has 2 aliphatic heterocycles. The number of Topliss-reactive ketones (excluding diaryl/α,β-unsaturated/α-hetero) is 1. The predicted molar refractivity (Wildman–Crippen MR) is 279 cm³/mol. The van der Waals surface area contributed by atoms with E-state index in [1.807, 2.05) is 54.6 Å². The Morgan fingerprint density at radius 2 is 1.15 bits per heavy atom. The van der Waals surface area contributed by atoms with Crippen LogP contribution in [-0.4, -0.2) is 85.3 Å². The molecule has 0 spiro atoms. The molecule has 4 heterocycles. The summed E-state index contributed by atoms with van der Waals surface area (Å²) in [6.07, 6.45) is 5.85. The minimum Gasteiger partial charge on any atom is -0.465 e. The van der Waals surface area contributed by atoms with Crippen molar-refractivity contribution in [3.05, 3.63) is 112 Å². The standard InChI is InChI=1S/C26H25NO5.C14H18N2O2.C11H9ClO3.C6H15N/c1-25(5-6-25)21-12-16-9-15(10-18(23(16)27-21)24(29)30-2)11-22(28)26(7-8-26)17-3-4-19-20(13-17)32-14-31-19;1-14(2,3)11-6-8-5-9(15)7-10(12(8)16-11)13(17)18-4;12-10(13)11(3-4-11)7-1-2-8-9(5-7)15-6-14-8;1-4-7(5-2)6-3/h3-4,9-10,12-13,27H,5-8,11,14H2,1-2H3;5-7,16H,15H2,1-4H3;1-2,5H,3-4,6H2;4-6H2,1-3H3. The number of carbonyl (C=O) groups excluding carboxylic acids is 4. The lowest BCUT2D eigenvalue weighted by Crippen LogP contribution is -2.22. The molecule has 0 atom stereocenters. The largest absolute Gasteiger partial charge is 0.465 e. The SMILES string of the molecule is CCN(CC)CC.COC(=O)c1cc(CC(=O)C2(c3ccc4c(c3)OCO4)CC2)cc2cc(C3(C)CC3)[nH]c12.COC(=O)c1cc(N)cc2cc(C(C)(C)C)[nH]c12.O=C(Cl)C1(c2ccc3c(c2)OCO3)CC1. The molecule has 0 amide bonds. The van der Waals surface area contributed by atoms with Crippen LogP contribution in [0.5, 0.6) is 23.0 Å². The van der Waals surface area contributed by atoms with Crippen molar-refractivity contribution in [3.8, 4) is 23.0 Å². The molecule has 382 valence electrons. The number of H-pyrrole nitrogens is 2. The third kappa shape index (κ3) is 10.7. The average Bonchev–Trinajstić information content (AvgIpc) is 4.30. The van der Waals surface area contributed by atoms with Gasteiger partial charge in [0.05, 0.1) is 47.2 Å². The Bertz CT molecular complexity index is 3020. The quantitative estimate of drug-likeness (QED) is 0.0600. The van der Waals surface area contributed by atoms with Gasteiger partial charge in [0.1, 0.15) is 5.78 Å². The van der Waals surface area contributed by atoms with Gasteiger partial charge in [0.15, 0.2) is 23.0 Å². The first-order valence-corrected chi connectivity index (χ1v) is 25.2. The lowest BCUT2D eigenvalue weighted by Gasteiger charge is -2.16. The van der Waals surface area contributed by atoms with E-state index in [2.05, 4.69) is 69.4 Å². The van der Waals surface area contributed by atoms with Crippen LogP contribution in [0.4, 0.5) is 5.69 Å². The first kappa shape index (κ1) is 51.8. The Balaban J connectivity index is 0.000000146. The second-order valence-electron chi connectivity index (χ2n) is 20.6. The normalized spacial score (nSPS) is 16.6. The first-order valence-electron chi connectivity index (χ1n) is 24.8. The van der Waals surface area contributed by atoms with Gasteiger partial charge >= 0.3 is 11.9 Å². The van der Waals surface area contributed by atoms with Crippen molar-refractivity contribution in [1.29, 1.82) is 0 Å². The summed E-state index contributed by atoms with van der Waals surface area (Å²) in [5, 5.41) is 1.61. The smallest absolute Gasteiger partial charge is 0.340 e. The van der Waals surface area contributed by atoms with Gasteiger partial charge < -0.3 is 49.0 Å². The fourth-order valence-electron chi connectivity index (χ4n) is 9.39. The number of methoxy groups -OCH3 is 2. The monoisotopic (exact) mass is 1000 g/mol. The van der Waals surface area contributed by atoms with E-state index < -0.39 is 16.8 Å². The summed E-state index contributed by atoms with van der Waals surface area (Å²) in [5.74, 6) is 2.25. The molecule has 4 aromatic carbocycles. The molecule has 3 aliphatic carbocycles. The number of nitrogens with zero attached hydrogens (tertiary/aromatic N) is 1. The molecular weight excluding hydrogens is 936 g/mol. The number of hydrogen-bond acceptors (Lipinski definition) is 12. The molecule has 72 heavy (non-hydrogen) atoms. The number of hydrogen-bond donors (Lipinski definition) is 3. The number of anilines is 1. The summed E-state index contributed by atoms with van der Waals surface area (Å²) in [6.45, 7) is 19.1. The minimum absolute atomic E-state index is 0.0127. The number of benzene rings is 4. The number of aromatic amines is 2. The fourth-order valence-corrected chi connectivity index (χ4v) is 9.69. The maximum absolute atomic E-state index is 13.5. The van der Waals surface area contributed by atoms with Gasteiger partial charge in [-0.3, -0.25) is 9.59 Å². The molecule has 4 N–H and O–H groups in total. The molecule has 2 aromatic heterocycles. The molecule has 3 fully saturated rings. The Labute approximate surface area is 426 Å². The van der Waals surface area contributed by atoms with Crippen LogP contribution in [0.2, 0.25) is 0 Å². The predicted octanol–water partition coefficient (Wildman–Crippen LogP) is 11.0. The van der Waals surface area contributed by atoms with E-state index in [0.29, 0.717) is 28.3 Å². The number of nitrogens with two attached hydrogens (primary N) is 1. The highest BCUT2D eigenvalue weighted by molar-refractivity contribution is 6.66. The Kier molecular flexibility index (Phi) is 14.8. The van der Waals surface area contributed by atoms with Gasteiger partial charge in [0.25, 0.3) is 0 Å². The number of nitrogen functional groups attached to an aromatic ring is 1. The van der Waals surface area contributed by atoms with Gasteiger partial charge in [-0.05, 0) is 147 Å². The van der Waals surface area contributed by atoms with Gasteiger partial charge in [-0.2, -0.15) is 0 Å². The summed E-state index contributed by atoms with van der Waals surface area (Å²) in [7, 11) is 2.75. The highest BCUT2D eigenvalue weighted by atomic mass is 35.5. The molecule has 14 nitrogen and oxygen atoms in total. The number of ether oxygens (including phenoxy) is 6. The number of carbonyl (C=O) groups is 4. The van der Waals surface area contributed by atoms with Gasteiger partial charge in [0.2, 0.25) is 18.8 Å². The van der Waals surface area contributed by atoms with Crippen molar-refractivity contribution in [3.63, 3.8) is 0 Å². The van der Waals surface area contributed by atoms with E-state index >= 15 is 0 Å². The summed E-state index contributed by atoms with van der Waals surface area (Å²) in [4.78, 5) is 58.2. The van der Waals surface area contributed by atoms with Crippen LogP contribution in [0.1, 0.15) is 136 Å². The summed E-state index contributed by atoms with van der Waals surface area (Å²) in [5.41, 5.74) is 13.0. The van der Waals surface area contributed by atoms with Gasteiger partial charge in [-0.1, -0.05) is 60.6 Å². The van der Waals surface area contributed by atoms with E-state index in [9.17, 15) is 19.2 Å². The third-order valence-corrected chi connectivity index (χ3v) is 15.1. The van der Waals surface area contributed by atoms with Gasteiger partial charge in [-0.15, -0.1) is 0 Å². The maximum atomic E-state index is 13.5. The summed E-state index contributed by atoms with van der Waals surface area (Å²) >= 11 is 5.61. The van der Waals surface area contributed by atoms with Crippen molar-refractivity contribution >= 4 is 62.1 Å². The number of nitrogens with one attached hydrogen (secondary N) is 2. The zero-order chi connectivity index (χ0) is 51.8. The minimum atomic E-state index is -0.480. The summed E-state index contributed by atoms with van der Waals surface area (Å²) in [6, 6.07) is 22.8. The lowest BCUT2D eigenvalue weighted by molar-refractivity contribution is -0.120. The molecular formula is C57H67ClN4O10. The van der Waals surface area contributed by atoms with Crippen molar-refractivity contribution in [2.75, 3.05) is 53.2 Å². The van der Waals surface area contributed by atoms with E-state index in [1.165, 1.54) is 33.9 Å². The molecule has 15 heteroatoms. The van der Waals surface area contributed by atoms with Crippen LogP contribution in [0.25, 0.3) is 21.8 Å². The number of esters is 2. The van der Waals surface area contributed by atoms with Crippen LogP contribution >= 0.6 is 11.6 Å². The highest BCUT2D eigenvalue weighted by Gasteiger charge is 2.52. The van der Waals surface area contributed by atoms with Gasteiger partial charge in [-0.25, -0.2) is 9.59 Å². The van der Waals surface area contributed by atoms with Crippen molar-refractivity contribution in [2.24, 2.45) is 0 Å². The van der Waals surface area contributed by atoms with Crippen LogP contribution in [0.3, 0.4) is 0 Å². The molecule has 0 radical (unpaired) electrons. The number of ketones is 1. The van der Waals surface area contributed by atoms with Crippen LogP contribution in [-0.2, 0) is 47.1 Å². The second-order valence-corrected chi connectivity index (χ2v) is 20.9. The zero-order valence-corrected chi connectivity index (χ0v) is 43.7. The Morgan fingerprint density at radius 1 is 0.653 bits per heavy atom. The Hall–Kier alpha value is -6.51. The molecule has 0 unspecified atom stereocenters. The maximum Gasteiger partial charge on any atom is 0.340 e. The third-order valence-electron chi connectivity index (χ3n) is 14.8. The lowest BCUT2D eigenvalue weighted by atomic mass is 9.87. The van der Waals surface area contributed by atoms with E-state index in [0.717, 1.165) is 99.9 Å². The van der Waals surface area contributed by atoms with Crippen LogP contribution in [0, 0.1) is 0 Å². The van der Waals surface area contributed by atoms with E-state index in [4.69, 9.17) is 45.8 Å². The van der Waals surface area contributed by atoms with Crippen LogP contribution < -0.4 is 24.7 Å². The molecule has 3 saturated carbocycles.